The van der Waals surface area contributed by atoms with Crippen LogP contribution in [0.3, 0.4) is 0 Å². The summed E-state index contributed by atoms with van der Waals surface area (Å²) in [6.45, 7) is 7.98. The molecule has 2 aromatic carbocycles. The van der Waals surface area contributed by atoms with E-state index in [1.807, 2.05) is 12.1 Å². The molecule has 7 heteroatoms. The zero-order valence-corrected chi connectivity index (χ0v) is 19.5. The van der Waals surface area contributed by atoms with Crippen molar-refractivity contribution in [2.24, 2.45) is 11.8 Å². The van der Waals surface area contributed by atoms with Crippen LogP contribution >= 0.6 is 11.9 Å². The van der Waals surface area contributed by atoms with Gasteiger partial charge in [0.2, 0.25) is 0 Å². The molecule has 2 aliphatic heterocycles. The van der Waals surface area contributed by atoms with Crippen molar-refractivity contribution in [1.82, 2.24) is 4.90 Å². The minimum Gasteiger partial charge on any atom is -0.492 e. The van der Waals surface area contributed by atoms with E-state index in [-0.39, 0.29) is 11.7 Å². The summed E-state index contributed by atoms with van der Waals surface area (Å²) in [7, 11) is 1.39. The zero-order chi connectivity index (χ0) is 22.4. The summed E-state index contributed by atoms with van der Waals surface area (Å²) in [6.07, 6.45) is 1.11. The number of methoxy groups -OCH3 is 1. The number of carbonyl (C=O) groups excluding carboxylic acids is 1. The monoisotopic (exact) mass is 456 g/mol. The highest BCUT2D eigenvalue weighted by molar-refractivity contribution is 8.00. The van der Waals surface area contributed by atoms with E-state index in [1.54, 1.807) is 6.07 Å². The lowest BCUT2D eigenvalue weighted by Crippen LogP contribution is -2.19. The van der Waals surface area contributed by atoms with Gasteiger partial charge in [-0.1, -0.05) is 19.9 Å². The van der Waals surface area contributed by atoms with Crippen molar-refractivity contribution in [3.8, 4) is 5.75 Å². The van der Waals surface area contributed by atoms with Gasteiger partial charge in [-0.05, 0) is 72.1 Å². The van der Waals surface area contributed by atoms with Gasteiger partial charge in [-0.3, -0.25) is 0 Å². The van der Waals surface area contributed by atoms with E-state index in [1.165, 1.54) is 25.1 Å². The van der Waals surface area contributed by atoms with Crippen LogP contribution in [0.4, 0.5) is 10.1 Å². The fourth-order valence-electron chi connectivity index (χ4n) is 5.18. The second kappa shape index (κ2) is 8.60. The molecule has 2 fully saturated rings. The molecule has 3 aliphatic rings. The van der Waals surface area contributed by atoms with Crippen molar-refractivity contribution in [3.63, 3.8) is 0 Å². The largest absolute Gasteiger partial charge is 0.492 e. The van der Waals surface area contributed by atoms with Gasteiger partial charge >= 0.3 is 5.97 Å². The number of anilines is 1. The molecule has 1 N–H and O–H groups in total. The molecule has 0 aromatic heterocycles. The number of nitrogens with zero attached hydrogens (tertiary/aromatic N) is 1. The van der Waals surface area contributed by atoms with E-state index in [9.17, 15) is 9.18 Å². The maximum atomic E-state index is 14.2. The third kappa shape index (κ3) is 3.86. The number of fused-ring (bicyclic) bond motifs is 3. The van der Waals surface area contributed by atoms with Gasteiger partial charge in [0.15, 0.2) is 0 Å². The minimum absolute atomic E-state index is 0.220. The van der Waals surface area contributed by atoms with Crippen LogP contribution in [0.5, 0.6) is 5.75 Å². The number of halogens is 1. The second-order valence-electron chi connectivity index (χ2n) is 9.13. The number of hydrogen-bond acceptors (Lipinski definition) is 6. The van der Waals surface area contributed by atoms with Gasteiger partial charge in [-0.15, -0.1) is 0 Å². The van der Waals surface area contributed by atoms with Gasteiger partial charge in [-0.25, -0.2) is 9.18 Å². The Morgan fingerprint density at radius 1 is 1.25 bits per heavy atom. The van der Waals surface area contributed by atoms with Crippen LogP contribution in [0.15, 0.2) is 35.2 Å². The van der Waals surface area contributed by atoms with E-state index in [0.29, 0.717) is 41.4 Å². The maximum Gasteiger partial charge on any atom is 0.343 e. The van der Waals surface area contributed by atoms with Crippen molar-refractivity contribution in [1.29, 1.82) is 0 Å². The van der Waals surface area contributed by atoms with E-state index in [2.05, 4.69) is 29.5 Å². The molecule has 2 heterocycles. The Hall–Kier alpha value is -2.25. The number of nitrogens with one attached hydrogen (secondary N) is 1. The zero-order valence-electron chi connectivity index (χ0n) is 18.7. The molecule has 0 bridgehead atoms. The summed E-state index contributed by atoms with van der Waals surface area (Å²) < 4.78 is 28.6. The van der Waals surface area contributed by atoms with Gasteiger partial charge in [0.25, 0.3) is 0 Å². The van der Waals surface area contributed by atoms with Crippen LogP contribution in [0, 0.1) is 17.7 Å². The molecule has 1 saturated heterocycles. The molecule has 5 nitrogen and oxygen atoms in total. The van der Waals surface area contributed by atoms with Crippen LogP contribution < -0.4 is 9.46 Å². The molecular weight excluding hydrogens is 427 g/mol. The molecule has 0 radical (unpaired) electrons. The fourth-order valence-corrected chi connectivity index (χ4v) is 6.04. The van der Waals surface area contributed by atoms with E-state index < -0.39 is 5.97 Å². The normalized spacial score (nSPS) is 26.1. The lowest BCUT2D eigenvalue weighted by Gasteiger charge is -2.22. The van der Waals surface area contributed by atoms with E-state index >= 15 is 0 Å². The molecule has 170 valence electrons. The Kier molecular flexibility index (Phi) is 5.80. The first-order chi connectivity index (χ1) is 15.5. The molecule has 32 heavy (non-hydrogen) atoms. The number of likely N-dealkylation sites (N-methyl/N-ethyl adjacent to an activating group) is 1. The van der Waals surface area contributed by atoms with Crippen molar-refractivity contribution in [2.75, 3.05) is 38.1 Å². The van der Waals surface area contributed by atoms with Crippen LogP contribution in [-0.4, -0.2) is 44.2 Å². The molecule has 1 aliphatic carbocycles. The molecule has 4 atom stereocenters. The predicted octanol–water partition coefficient (Wildman–Crippen LogP) is 5.28. The van der Waals surface area contributed by atoms with E-state index in [0.717, 1.165) is 42.1 Å². The summed E-state index contributed by atoms with van der Waals surface area (Å²) in [6, 6.07) is 8.97. The highest BCUT2D eigenvalue weighted by Gasteiger charge is 2.45. The molecular formula is C25H29FN2O3S. The Labute approximate surface area is 192 Å². The molecule has 2 aromatic rings. The predicted molar refractivity (Wildman–Crippen MR) is 124 cm³/mol. The number of likely N-dealkylation sites (tertiary alicyclic amines) is 1. The van der Waals surface area contributed by atoms with Crippen LogP contribution in [0.2, 0.25) is 0 Å². The minimum atomic E-state index is -0.411. The number of benzene rings is 2. The standard InChI is InChI=1S/C25H29FN2O3S/c1-4-28-11-14(2)20(12-28)19-10-16(26)5-8-22(19)32-27-21-7-6-17-18-9-15(18)13-31-24(17)23(21)25(29)30-3/h5-8,10,14-15,18,20,27H,4,9,11-13H2,1-3H3. The average molecular weight is 457 g/mol. The van der Waals surface area contributed by atoms with Crippen LogP contribution in [-0.2, 0) is 4.74 Å². The van der Waals surface area contributed by atoms with Crippen LogP contribution in [0.25, 0.3) is 0 Å². The molecule has 0 amide bonds. The number of esters is 1. The van der Waals surface area contributed by atoms with Crippen molar-refractivity contribution in [2.45, 2.75) is 37.0 Å². The first-order valence-corrected chi connectivity index (χ1v) is 12.1. The van der Waals surface area contributed by atoms with Gasteiger partial charge < -0.3 is 19.1 Å². The molecule has 0 spiro atoms. The average Bonchev–Trinajstić information content (AvgIpc) is 3.51. The Morgan fingerprint density at radius 3 is 2.84 bits per heavy atom. The summed E-state index contributed by atoms with van der Waals surface area (Å²) >= 11 is 1.41. The second-order valence-corrected chi connectivity index (χ2v) is 9.98. The van der Waals surface area contributed by atoms with Gasteiger partial charge in [0, 0.05) is 29.8 Å². The fraction of sp³-hybridized carbons (Fsp3) is 0.480. The summed E-state index contributed by atoms with van der Waals surface area (Å²) in [5, 5.41) is 0. The number of rotatable bonds is 6. The highest BCUT2D eigenvalue weighted by atomic mass is 32.2. The molecule has 1 saturated carbocycles. The van der Waals surface area contributed by atoms with Crippen LogP contribution in [0.1, 0.15) is 53.6 Å². The smallest absolute Gasteiger partial charge is 0.343 e. The molecule has 4 unspecified atom stereocenters. The first-order valence-electron chi connectivity index (χ1n) is 11.3. The Bertz CT molecular complexity index is 1050. The third-order valence-electron chi connectivity index (χ3n) is 7.12. The molecule has 5 rings (SSSR count). The number of carbonyl (C=O) groups is 1. The number of ether oxygens (including phenoxy) is 2. The SMILES string of the molecule is CCN1CC(C)C(c2cc(F)ccc2SNc2ccc3c(c2C(=O)OC)OCC2CC32)C1. The lowest BCUT2D eigenvalue weighted by molar-refractivity contribution is 0.0596. The van der Waals surface area contributed by atoms with Gasteiger partial charge in [0.05, 0.1) is 19.4 Å². The van der Waals surface area contributed by atoms with Crippen molar-refractivity contribution >= 4 is 23.6 Å². The maximum absolute atomic E-state index is 14.2. The summed E-state index contributed by atoms with van der Waals surface area (Å²) in [4.78, 5) is 16.0. The van der Waals surface area contributed by atoms with Gasteiger partial charge in [-0.2, -0.15) is 0 Å². The quantitative estimate of drug-likeness (QED) is 0.471. The Morgan fingerprint density at radius 2 is 2.09 bits per heavy atom. The highest BCUT2D eigenvalue weighted by Crippen LogP contribution is 2.55. The lowest BCUT2D eigenvalue weighted by atomic mass is 9.90. The summed E-state index contributed by atoms with van der Waals surface area (Å²) in [5.41, 5.74) is 3.21. The van der Waals surface area contributed by atoms with Gasteiger partial charge in [0.1, 0.15) is 17.1 Å². The Balaban J connectivity index is 1.44. The van der Waals surface area contributed by atoms with Crippen molar-refractivity contribution in [3.05, 3.63) is 52.8 Å². The third-order valence-corrected chi connectivity index (χ3v) is 8.03. The van der Waals surface area contributed by atoms with E-state index in [4.69, 9.17) is 9.47 Å². The number of hydrogen-bond donors (Lipinski definition) is 1. The summed E-state index contributed by atoms with van der Waals surface area (Å²) in [5.74, 6) is 1.79. The topological polar surface area (TPSA) is 50.8 Å². The van der Waals surface area contributed by atoms with Crippen molar-refractivity contribution < 1.29 is 18.7 Å². The first kappa shape index (κ1) is 21.6.